The van der Waals surface area contributed by atoms with Gasteiger partial charge in [-0.3, -0.25) is 4.79 Å². The van der Waals surface area contributed by atoms with Crippen LogP contribution in [-0.2, 0) is 11.3 Å². The van der Waals surface area contributed by atoms with Crippen molar-refractivity contribution in [3.8, 4) is 0 Å². The van der Waals surface area contributed by atoms with Gasteiger partial charge in [0.15, 0.2) is 0 Å². The van der Waals surface area contributed by atoms with E-state index in [1.54, 1.807) is 0 Å². The number of aliphatic carboxylic acids is 1. The fourth-order valence-electron chi connectivity index (χ4n) is 3.36. The second-order valence-electron chi connectivity index (χ2n) is 5.95. The van der Waals surface area contributed by atoms with Gasteiger partial charge in [-0.2, -0.15) is 0 Å². The normalized spacial score (nSPS) is 21.7. The first-order chi connectivity index (χ1) is 10.2. The highest BCUT2D eigenvalue weighted by molar-refractivity contribution is 5.82. The topological polar surface area (TPSA) is 49.3 Å². The lowest BCUT2D eigenvalue weighted by Gasteiger charge is -2.16. The number of nitrogens with one attached hydrogen (secondary N) is 1. The van der Waals surface area contributed by atoms with Crippen molar-refractivity contribution < 1.29 is 9.90 Å². The molecule has 0 spiro atoms. The molecule has 0 saturated heterocycles. The summed E-state index contributed by atoms with van der Waals surface area (Å²) in [5.41, 5.74) is 1.25. The zero-order valence-corrected chi connectivity index (χ0v) is 12.1. The molecule has 21 heavy (non-hydrogen) atoms. The lowest BCUT2D eigenvalue weighted by Crippen LogP contribution is -2.28. The second kappa shape index (κ2) is 6.27. The second-order valence-corrected chi connectivity index (χ2v) is 5.95. The van der Waals surface area contributed by atoms with Crippen molar-refractivity contribution in [3.05, 3.63) is 48.0 Å². The van der Waals surface area contributed by atoms with Crippen molar-refractivity contribution in [2.24, 2.45) is 11.8 Å². The van der Waals surface area contributed by atoms with Crippen LogP contribution in [0.25, 0.3) is 10.8 Å². The van der Waals surface area contributed by atoms with Crippen molar-refractivity contribution >= 4 is 16.7 Å². The maximum Gasteiger partial charge on any atom is 0.306 e. The first-order valence-electron chi connectivity index (χ1n) is 7.65. The molecule has 0 radical (unpaired) electrons. The molecule has 1 saturated carbocycles. The number of hydrogen-bond donors (Lipinski definition) is 2. The monoisotopic (exact) mass is 283 g/mol. The van der Waals surface area contributed by atoms with Crippen LogP contribution in [0.3, 0.4) is 0 Å². The Morgan fingerprint density at radius 3 is 2.76 bits per heavy atom. The Balaban J connectivity index is 1.58. The maximum atomic E-state index is 11.2. The number of carbonyl (C=O) groups is 1. The predicted octanol–water partition coefficient (Wildman–Crippen LogP) is 3.43. The predicted molar refractivity (Wildman–Crippen MR) is 84.1 cm³/mol. The Hall–Kier alpha value is -1.87. The quantitative estimate of drug-likeness (QED) is 0.884. The zero-order chi connectivity index (χ0) is 14.7. The molecule has 0 aromatic heterocycles. The van der Waals surface area contributed by atoms with Crippen LogP contribution < -0.4 is 5.32 Å². The molecule has 0 heterocycles. The smallest absolute Gasteiger partial charge is 0.306 e. The van der Waals surface area contributed by atoms with Crippen LogP contribution in [0.1, 0.15) is 24.8 Å². The van der Waals surface area contributed by atoms with Gasteiger partial charge in [0, 0.05) is 6.54 Å². The van der Waals surface area contributed by atoms with Crippen molar-refractivity contribution in [1.29, 1.82) is 0 Å². The molecule has 1 fully saturated rings. The van der Waals surface area contributed by atoms with Crippen molar-refractivity contribution in [2.45, 2.75) is 25.8 Å². The Morgan fingerprint density at radius 2 is 1.95 bits per heavy atom. The average Bonchev–Trinajstić information content (AvgIpc) is 2.96. The molecule has 3 nitrogen and oxygen atoms in total. The van der Waals surface area contributed by atoms with Gasteiger partial charge in [0.25, 0.3) is 0 Å². The Morgan fingerprint density at radius 1 is 1.14 bits per heavy atom. The Bertz CT molecular complexity index is 638. The van der Waals surface area contributed by atoms with E-state index in [1.807, 2.05) is 6.07 Å². The number of carboxylic acid groups (broad SMARTS) is 1. The first kappa shape index (κ1) is 14.1. The highest BCUT2D eigenvalue weighted by Crippen LogP contribution is 2.31. The molecule has 1 aliphatic rings. The van der Waals surface area contributed by atoms with Gasteiger partial charge >= 0.3 is 5.97 Å². The van der Waals surface area contributed by atoms with Crippen molar-refractivity contribution in [1.82, 2.24) is 5.32 Å². The van der Waals surface area contributed by atoms with E-state index in [0.717, 1.165) is 32.4 Å². The Kier molecular flexibility index (Phi) is 4.20. The molecule has 2 aromatic rings. The molecule has 2 aromatic carbocycles. The minimum Gasteiger partial charge on any atom is -0.481 e. The summed E-state index contributed by atoms with van der Waals surface area (Å²) in [6, 6.07) is 14.8. The third-order valence-electron chi connectivity index (χ3n) is 4.53. The van der Waals surface area contributed by atoms with Gasteiger partial charge in [0.1, 0.15) is 0 Å². The highest BCUT2D eigenvalue weighted by atomic mass is 16.4. The molecule has 0 amide bonds. The molecule has 0 bridgehead atoms. The molecule has 3 heteroatoms. The molecular weight excluding hydrogens is 262 g/mol. The SMILES string of the molecule is O=C(O)C1CCCC1CNCc1ccc2ccccc2c1. The van der Waals surface area contributed by atoms with Crippen molar-refractivity contribution in [3.63, 3.8) is 0 Å². The molecule has 110 valence electrons. The minimum atomic E-state index is -0.634. The number of benzene rings is 2. The molecule has 3 rings (SSSR count). The van der Waals surface area contributed by atoms with E-state index in [4.69, 9.17) is 0 Å². The van der Waals surface area contributed by atoms with Crippen LogP contribution in [0.4, 0.5) is 0 Å². The van der Waals surface area contributed by atoms with E-state index < -0.39 is 5.97 Å². The summed E-state index contributed by atoms with van der Waals surface area (Å²) in [6.07, 6.45) is 2.90. The fraction of sp³-hybridized carbons (Fsp3) is 0.389. The van der Waals surface area contributed by atoms with Gasteiger partial charge in [0.2, 0.25) is 0 Å². The highest BCUT2D eigenvalue weighted by Gasteiger charge is 2.32. The molecule has 0 aliphatic heterocycles. The number of rotatable bonds is 5. The lowest BCUT2D eigenvalue weighted by atomic mass is 9.96. The molecular formula is C18H21NO2. The van der Waals surface area contributed by atoms with E-state index >= 15 is 0 Å². The summed E-state index contributed by atoms with van der Waals surface area (Å²) in [5, 5.41) is 15.1. The van der Waals surface area contributed by atoms with E-state index in [1.165, 1.54) is 16.3 Å². The zero-order valence-electron chi connectivity index (χ0n) is 12.1. The van der Waals surface area contributed by atoms with Crippen LogP contribution in [0, 0.1) is 11.8 Å². The number of carboxylic acids is 1. The Labute approximate surface area is 125 Å². The largest absolute Gasteiger partial charge is 0.481 e. The van der Waals surface area contributed by atoms with Crippen molar-refractivity contribution in [2.75, 3.05) is 6.54 Å². The van der Waals surface area contributed by atoms with E-state index in [0.29, 0.717) is 0 Å². The van der Waals surface area contributed by atoms with E-state index in [9.17, 15) is 9.90 Å². The summed E-state index contributed by atoms with van der Waals surface area (Å²) in [6.45, 7) is 1.59. The summed E-state index contributed by atoms with van der Waals surface area (Å²) in [5.74, 6) is -0.512. The summed E-state index contributed by atoms with van der Waals surface area (Å²) in [7, 11) is 0. The van der Waals surface area contributed by atoms with Gasteiger partial charge < -0.3 is 10.4 Å². The molecule has 2 unspecified atom stereocenters. The number of hydrogen-bond acceptors (Lipinski definition) is 2. The van der Waals surface area contributed by atoms with Crippen LogP contribution in [0.5, 0.6) is 0 Å². The number of fused-ring (bicyclic) bond motifs is 1. The minimum absolute atomic E-state index is 0.158. The van der Waals surface area contributed by atoms with Gasteiger partial charge in [0.05, 0.1) is 5.92 Å². The summed E-state index contributed by atoms with van der Waals surface area (Å²) >= 11 is 0. The first-order valence-corrected chi connectivity index (χ1v) is 7.65. The van der Waals surface area contributed by atoms with Gasteiger partial charge in [-0.25, -0.2) is 0 Å². The summed E-state index contributed by atoms with van der Waals surface area (Å²) < 4.78 is 0. The van der Waals surface area contributed by atoms with Gasteiger partial charge in [-0.05, 0) is 47.7 Å². The van der Waals surface area contributed by atoms with Gasteiger partial charge in [-0.1, -0.05) is 42.8 Å². The van der Waals surface area contributed by atoms with Crippen LogP contribution in [0.15, 0.2) is 42.5 Å². The van der Waals surface area contributed by atoms with Crippen LogP contribution in [0.2, 0.25) is 0 Å². The average molecular weight is 283 g/mol. The third-order valence-corrected chi connectivity index (χ3v) is 4.53. The summed E-state index contributed by atoms with van der Waals surface area (Å²) in [4.78, 5) is 11.2. The van der Waals surface area contributed by atoms with Crippen LogP contribution in [-0.4, -0.2) is 17.6 Å². The van der Waals surface area contributed by atoms with E-state index in [-0.39, 0.29) is 11.8 Å². The third kappa shape index (κ3) is 3.24. The fourth-order valence-corrected chi connectivity index (χ4v) is 3.36. The van der Waals surface area contributed by atoms with Crippen LogP contribution >= 0.6 is 0 Å². The molecule has 2 atom stereocenters. The maximum absolute atomic E-state index is 11.2. The lowest BCUT2D eigenvalue weighted by molar-refractivity contribution is -0.142. The standard InChI is InChI=1S/C18H21NO2/c20-18(21)17-7-3-6-16(17)12-19-11-13-8-9-14-4-1-2-5-15(14)10-13/h1-2,4-5,8-10,16-17,19H,3,6-7,11-12H2,(H,20,21). The molecule has 2 N–H and O–H groups in total. The van der Waals surface area contributed by atoms with E-state index in [2.05, 4.69) is 41.7 Å². The van der Waals surface area contributed by atoms with Gasteiger partial charge in [-0.15, -0.1) is 0 Å². The molecule has 1 aliphatic carbocycles.